The Kier molecular flexibility index (Phi) is 8.36. The molecule has 2 aromatic carbocycles. The monoisotopic (exact) mass is 518 g/mol. The van der Waals surface area contributed by atoms with Crippen molar-refractivity contribution in [2.45, 2.75) is 31.7 Å². The van der Waals surface area contributed by atoms with Gasteiger partial charge in [0.2, 0.25) is 5.91 Å². The fraction of sp³-hybridized carbons (Fsp3) is 0.250. The minimum atomic E-state index is -0.414. The highest BCUT2D eigenvalue weighted by atomic mass is 35.5. The summed E-state index contributed by atoms with van der Waals surface area (Å²) in [7, 11) is 0. The fourth-order valence-electron chi connectivity index (χ4n) is 2.77. The zero-order chi connectivity index (χ0) is 22.5. The maximum absolute atomic E-state index is 12.3. The fourth-order valence-corrected chi connectivity index (χ4v) is 4.56. The molecule has 3 rings (SSSR count). The van der Waals surface area contributed by atoms with E-state index in [0.717, 1.165) is 0 Å². The van der Waals surface area contributed by atoms with E-state index < -0.39 is 6.10 Å². The minimum Gasteiger partial charge on any atom is -0.481 e. The van der Waals surface area contributed by atoms with E-state index in [2.05, 4.69) is 15.5 Å². The van der Waals surface area contributed by atoms with E-state index in [4.69, 9.17) is 51.1 Å². The lowest BCUT2D eigenvalue weighted by atomic mass is 10.3. The highest BCUT2D eigenvalue weighted by molar-refractivity contribution is 7.99. The van der Waals surface area contributed by atoms with Crippen molar-refractivity contribution >= 4 is 69.8 Å². The van der Waals surface area contributed by atoms with Crippen molar-refractivity contribution < 1.29 is 9.53 Å². The third-order valence-corrected chi connectivity index (χ3v) is 6.04. The number of rotatable bonds is 8. The molecule has 0 aliphatic rings. The van der Waals surface area contributed by atoms with Crippen molar-refractivity contribution in [2.24, 2.45) is 0 Å². The number of ether oxygens (including phenoxy) is 1. The first-order valence-corrected chi connectivity index (χ1v) is 11.7. The van der Waals surface area contributed by atoms with Crippen LogP contribution in [0.5, 0.6) is 5.75 Å². The molecule has 0 aliphatic heterocycles. The molecule has 1 aromatic heterocycles. The number of carbonyl (C=O) groups is 1. The van der Waals surface area contributed by atoms with Crippen LogP contribution in [0.15, 0.2) is 41.6 Å². The van der Waals surface area contributed by atoms with Crippen LogP contribution in [0.4, 0.5) is 5.69 Å². The van der Waals surface area contributed by atoms with Crippen LogP contribution in [0.1, 0.15) is 25.8 Å². The SMILES string of the molecule is CCn1c(SCC(=O)Nc2cc(Cl)cc(Cl)c2)nnc1C(C)Oc1ccc(Cl)cc1Cl. The van der Waals surface area contributed by atoms with Gasteiger partial charge >= 0.3 is 0 Å². The van der Waals surface area contributed by atoms with E-state index in [-0.39, 0.29) is 11.7 Å². The van der Waals surface area contributed by atoms with Crippen LogP contribution in [-0.4, -0.2) is 26.4 Å². The first-order chi connectivity index (χ1) is 14.8. The third kappa shape index (κ3) is 6.43. The Labute approximate surface area is 204 Å². The Morgan fingerprint density at radius 1 is 1.10 bits per heavy atom. The van der Waals surface area contributed by atoms with E-state index in [1.54, 1.807) is 36.4 Å². The molecule has 0 radical (unpaired) electrons. The highest BCUT2D eigenvalue weighted by Crippen LogP contribution is 2.32. The number of anilines is 1. The van der Waals surface area contributed by atoms with Crippen molar-refractivity contribution in [2.75, 3.05) is 11.1 Å². The number of hydrogen-bond acceptors (Lipinski definition) is 5. The Morgan fingerprint density at radius 2 is 1.81 bits per heavy atom. The van der Waals surface area contributed by atoms with Gasteiger partial charge in [0.25, 0.3) is 0 Å². The Balaban J connectivity index is 1.65. The quantitative estimate of drug-likeness (QED) is 0.332. The minimum absolute atomic E-state index is 0.139. The molecular formula is C20H18Cl4N4O2S. The highest BCUT2D eigenvalue weighted by Gasteiger charge is 2.20. The lowest BCUT2D eigenvalue weighted by molar-refractivity contribution is -0.113. The molecule has 0 fully saturated rings. The molecule has 0 bridgehead atoms. The molecule has 3 aromatic rings. The number of carbonyl (C=O) groups excluding carboxylic acids is 1. The molecule has 0 saturated carbocycles. The molecule has 1 amide bonds. The number of hydrogen-bond donors (Lipinski definition) is 1. The average Bonchev–Trinajstić information content (AvgIpc) is 3.10. The van der Waals surface area contributed by atoms with Gasteiger partial charge in [-0.2, -0.15) is 0 Å². The van der Waals surface area contributed by atoms with Crippen LogP contribution in [0, 0.1) is 0 Å². The van der Waals surface area contributed by atoms with Gasteiger partial charge in [0.15, 0.2) is 17.1 Å². The second kappa shape index (κ2) is 10.8. The van der Waals surface area contributed by atoms with Crippen molar-refractivity contribution in [3.63, 3.8) is 0 Å². The zero-order valence-electron chi connectivity index (χ0n) is 16.5. The van der Waals surface area contributed by atoms with Crippen LogP contribution in [0.3, 0.4) is 0 Å². The van der Waals surface area contributed by atoms with Gasteiger partial charge in [-0.1, -0.05) is 58.2 Å². The molecule has 0 saturated heterocycles. The lowest BCUT2D eigenvalue weighted by Crippen LogP contribution is -2.15. The van der Waals surface area contributed by atoms with Crippen LogP contribution in [0.2, 0.25) is 20.1 Å². The molecule has 31 heavy (non-hydrogen) atoms. The lowest BCUT2D eigenvalue weighted by Gasteiger charge is -2.16. The van der Waals surface area contributed by atoms with E-state index in [0.29, 0.717) is 49.1 Å². The largest absolute Gasteiger partial charge is 0.481 e. The summed E-state index contributed by atoms with van der Waals surface area (Å²) in [6.45, 7) is 4.43. The Hall–Kier alpha value is -1.64. The molecular weight excluding hydrogens is 502 g/mol. The van der Waals surface area contributed by atoms with Crippen LogP contribution in [-0.2, 0) is 11.3 Å². The summed E-state index contributed by atoms with van der Waals surface area (Å²) in [5.41, 5.74) is 0.530. The number of nitrogens with one attached hydrogen (secondary N) is 1. The van der Waals surface area contributed by atoms with Gasteiger partial charge in [-0.3, -0.25) is 4.79 Å². The average molecular weight is 520 g/mol. The van der Waals surface area contributed by atoms with E-state index in [1.807, 2.05) is 18.4 Å². The zero-order valence-corrected chi connectivity index (χ0v) is 20.4. The van der Waals surface area contributed by atoms with Crippen molar-refractivity contribution in [3.05, 3.63) is 62.3 Å². The smallest absolute Gasteiger partial charge is 0.234 e. The van der Waals surface area contributed by atoms with Gasteiger partial charge in [0, 0.05) is 27.3 Å². The van der Waals surface area contributed by atoms with Gasteiger partial charge in [-0.15, -0.1) is 10.2 Å². The summed E-state index contributed by atoms with van der Waals surface area (Å²) in [6.07, 6.45) is -0.414. The molecule has 1 atom stereocenters. The van der Waals surface area contributed by atoms with E-state index in [9.17, 15) is 4.79 Å². The summed E-state index contributed by atoms with van der Waals surface area (Å²) in [6, 6.07) is 9.87. The van der Waals surface area contributed by atoms with Crippen LogP contribution >= 0.6 is 58.2 Å². The second-order valence-electron chi connectivity index (χ2n) is 6.41. The van der Waals surface area contributed by atoms with Crippen molar-refractivity contribution in [1.29, 1.82) is 0 Å². The molecule has 11 heteroatoms. The molecule has 1 heterocycles. The summed E-state index contributed by atoms with van der Waals surface area (Å²) in [4.78, 5) is 12.3. The summed E-state index contributed by atoms with van der Waals surface area (Å²) in [5, 5.41) is 13.7. The summed E-state index contributed by atoms with van der Waals surface area (Å²) < 4.78 is 7.83. The van der Waals surface area contributed by atoms with Gasteiger partial charge in [-0.25, -0.2) is 0 Å². The summed E-state index contributed by atoms with van der Waals surface area (Å²) in [5.74, 6) is 1.05. The summed E-state index contributed by atoms with van der Waals surface area (Å²) >= 11 is 25.3. The number of halogens is 4. The van der Waals surface area contributed by atoms with Crippen LogP contribution < -0.4 is 10.1 Å². The van der Waals surface area contributed by atoms with Gasteiger partial charge in [0.1, 0.15) is 5.75 Å². The second-order valence-corrected chi connectivity index (χ2v) is 9.07. The van der Waals surface area contributed by atoms with Crippen LogP contribution in [0.25, 0.3) is 0 Å². The standard InChI is InChI=1S/C20H18Cl4N4O2S/c1-3-28-19(11(2)30-17-5-4-12(21)9-16(17)24)26-27-20(28)31-10-18(29)25-15-7-13(22)6-14(23)8-15/h4-9,11H,3,10H2,1-2H3,(H,25,29). The normalized spacial score (nSPS) is 11.9. The topological polar surface area (TPSA) is 69.0 Å². The van der Waals surface area contributed by atoms with Crippen molar-refractivity contribution in [3.8, 4) is 5.75 Å². The molecule has 0 spiro atoms. The molecule has 0 aliphatic carbocycles. The molecule has 1 unspecified atom stereocenters. The maximum Gasteiger partial charge on any atom is 0.234 e. The number of benzene rings is 2. The maximum atomic E-state index is 12.3. The molecule has 164 valence electrons. The Morgan fingerprint density at radius 3 is 2.45 bits per heavy atom. The first kappa shape index (κ1) is 24.0. The first-order valence-electron chi connectivity index (χ1n) is 9.20. The molecule has 1 N–H and O–H groups in total. The number of aromatic nitrogens is 3. The van der Waals surface area contributed by atoms with Gasteiger partial charge < -0.3 is 14.6 Å². The van der Waals surface area contributed by atoms with E-state index >= 15 is 0 Å². The predicted octanol–water partition coefficient (Wildman–Crippen LogP) is 6.78. The predicted molar refractivity (Wildman–Crippen MR) is 127 cm³/mol. The molecule has 6 nitrogen and oxygen atoms in total. The van der Waals surface area contributed by atoms with Gasteiger partial charge in [0.05, 0.1) is 10.8 Å². The number of thioether (sulfide) groups is 1. The van der Waals surface area contributed by atoms with E-state index in [1.165, 1.54) is 11.8 Å². The Bertz CT molecular complexity index is 1070. The number of amides is 1. The number of nitrogens with zero attached hydrogens (tertiary/aromatic N) is 3. The third-order valence-electron chi connectivity index (χ3n) is 4.10. The van der Waals surface area contributed by atoms with Crippen molar-refractivity contribution in [1.82, 2.24) is 14.8 Å². The van der Waals surface area contributed by atoms with Gasteiger partial charge in [-0.05, 0) is 50.2 Å².